The minimum absolute atomic E-state index is 0.0410. The van der Waals surface area contributed by atoms with Gasteiger partial charge in [-0.3, -0.25) is 0 Å². The number of hydrogen-bond acceptors (Lipinski definition) is 4. The topological polar surface area (TPSA) is 105 Å². The quantitative estimate of drug-likeness (QED) is 0.201. The summed E-state index contributed by atoms with van der Waals surface area (Å²) >= 11 is 0. The predicted molar refractivity (Wildman–Crippen MR) is 75.2 cm³/mol. The van der Waals surface area contributed by atoms with E-state index in [0.717, 1.165) is 12.8 Å². The van der Waals surface area contributed by atoms with Gasteiger partial charge in [-0.15, -0.1) is 0 Å². The van der Waals surface area contributed by atoms with Crippen LogP contribution in [0.2, 0.25) is 0 Å². The lowest BCUT2D eigenvalue weighted by atomic mass is 10.3. The van der Waals surface area contributed by atoms with E-state index in [0.29, 0.717) is 24.8 Å². The molecule has 0 aromatic rings. The van der Waals surface area contributed by atoms with Gasteiger partial charge in [-0.2, -0.15) is 4.79 Å². The number of sulfone groups is 2. The minimum atomic E-state index is -4.07. The minimum Gasteiger partial charge on any atom is -0.361 e. The molecule has 0 aliphatic carbocycles. The van der Waals surface area contributed by atoms with Crippen molar-refractivity contribution in [2.24, 2.45) is 0 Å². The molecule has 0 aromatic carbocycles. The number of rotatable bonds is 10. The van der Waals surface area contributed by atoms with E-state index >= 15 is 0 Å². The van der Waals surface area contributed by atoms with Crippen LogP contribution in [0.5, 0.6) is 0 Å². The second-order valence-electron chi connectivity index (χ2n) is 4.46. The Morgan fingerprint density at radius 3 is 2.11 bits per heavy atom. The molecule has 0 saturated carbocycles. The van der Waals surface area contributed by atoms with Crippen molar-refractivity contribution in [2.45, 2.75) is 57.0 Å². The Bertz CT molecular complexity index is 505. The summed E-state index contributed by atoms with van der Waals surface area (Å²) in [6.07, 6.45) is 3.29. The molecular formula is C11H22N2O4S2. The Balaban J connectivity index is 5.19. The standard InChI is InChI=1S/C11H22N2O4S2/c1-3-5-7-9-18(14,15)11(8-6-4-2)19(16,17)10-13-12/h10-11H,3-9H2,1-2H3. The maximum Gasteiger partial charge on any atom is 0.371 e. The Kier molecular flexibility index (Phi) is 8.13. The molecule has 0 N–H and O–H groups in total. The van der Waals surface area contributed by atoms with Crippen LogP contribution in [0.4, 0.5) is 0 Å². The Labute approximate surface area is 115 Å². The Morgan fingerprint density at radius 1 is 1.05 bits per heavy atom. The van der Waals surface area contributed by atoms with Gasteiger partial charge in [-0.05, 0) is 12.8 Å². The molecule has 0 saturated heterocycles. The second kappa shape index (κ2) is 8.45. The number of hydrogen-bond donors (Lipinski definition) is 0. The fourth-order valence-electron chi connectivity index (χ4n) is 1.74. The molecule has 0 amide bonds. The summed E-state index contributed by atoms with van der Waals surface area (Å²) in [5.74, 6) is -0.145. The fourth-order valence-corrected chi connectivity index (χ4v) is 5.97. The average Bonchev–Trinajstić information content (AvgIpc) is 2.28. The molecule has 0 bridgehead atoms. The first-order chi connectivity index (χ1) is 8.81. The molecule has 0 aromatic heterocycles. The van der Waals surface area contributed by atoms with Crippen molar-refractivity contribution in [1.29, 1.82) is 0 Å². The highest BCUT2D eigenvalue weighted by Crippen LogP contribution is 2.18. The smallest absolute Gasteiger partial charge is 0.361 e. The Hall–Kier alpha value is -0.720. The van der Waals surface area contributed by atoms with Crippen LogP contribution < -0.4 is 0 Å². The highest BCUT2D eigenvalue weighted by atomic mass is 32.3. The zero-order valence-electron chi connectivity index (χ0n) is 11.4. The van der Waals surface area contributed by atoms with Crippen molar-refractivity contribution in [2.75, 3.05) is 5.75 Å². The summed E-state index contributed by atoms with van der Waals surface area (Å²) in [5.41, 5.74) is 8.68. The molecule has 0 rings (SSSR count). The average molecular weight is 310 g/mol. The molecule has 0 aliphatic rings. The first kappa shape index (κ1) is 18.3. The van der Waals surface area contributed by atoms with Crippen LogP contribution in [0, 0.1) is 0 Å². The van der Waals surface area contributed by atoms with Crippen LogP contribution in [-0.2, 0) is 19.7 Å². The van der Waals surface area contributed by atoms with Crippen molar-refractivity contribution in [3.8, 4) is 0 Å². The predicted octanol–water partition coefficient (Wildman–Crippen LogP) is 1.78. The van der Waals surface area contributed by atoms with E-state index in [9.17, 15) is 16.8 Å². The van der Waals surface area contributed by atoms with E-state index in [1.807, 2.05) is 13.8 Å². The van der Waals surface area contributed by atoms with E-state index < -0.39 is 24.3 Å². The van der Waals surface area contributed by atoms with Crippen LogP contribution in [-0.4, -0.2) is 37.5 Å². The van der Waals surface area contributed by atoms with Gasteiger partial charge in [0.25, 0.3) is 9.84 Å². The van der Waals surface area contributed by atoms with E-state index in [2.05, 4.69) is 4.79 Å². The first-order valence-electron chi connectivity index (χ1n) is 6.44. The van der Waals surface area contributed by atoms with Crippen molar-refractivity contribution in [3.05, 3.63) is 5.53 Å². The molecule has 0 fully saturated rings. The molecular weight excluding hydrogens is 288 g/mol. The van der Waals surface area contributed by atoms with Gasteiger partial charge in [0.05, 0.1) is 5.75 Å². The summed E-state index contributed by atoms with van der Waals surface area (Å²) in [5, 5.41) is 0. The molecule has 19 heavy (non-hydrogen) atoms. The molecule has 1 atom stereocenters. The molecule has 1 unspecified atom stereocenters. The molecule has 0 spiro atoms. The molecule has 8 heteroatoms. The van der Waals surface area contributed by atoms with E-state index in [-0.39, 0.29) is 12.2 Å². The highest BCUT2D eigenvalue weighted by molar-refractivity contribution is 8.15. The zero-order valence-corrected chi connectivity index (χ0v) is 13.1. The van der Waals surface area contributed by atoms with Gasteiger partial charge in [0, 0.05) is 0 Å². The number of nitrogens with zero attached hydrogens (tertiary/aromatic N) is 2. The summed E-state index contributed by atoms with van der Waals surface area (Å²) in [6, 6.07) is 0. The summed E-state index contributed by atoms with van der Waals surface area (Å²) in [7, 11) is -7.81. The van der Waals surface area contributed by atoms with Crippen molar-refractivity contribution >= 4 is 25.2 Å². The molecule has 0 radical (unpaired) electrons. The van der Waals surface area contributed by atoms with Gasteiger partial charge in [0.15, 0.2) is 14.4 Å². The van der Waals surface area contributed by atoms with Crippen LogP contribution in [0.25, 0.3) is 5.53 Å². The fraction of sp³-hybridized carbons (Fsp3) is 0.909. The normalized spacial score (nSPS) is 13.8. The SMILES string of the molecule is CCCCCS(=O)(=O)C(CCCC)S(=O)(=O)C=[N+]=[N-]. The molecule has 6 nitrogen and oxygen atoms in total. The van der Waals surface area contributed by atoms with Gasteiger partial charge < -0.3 is 5.53 Å². The third-order valence-corrected chi connectivity index (χ3v) is 7.72. The lowest BCUT2D eigenvalue weighted by molar-refractivity contribution is 0.00750. The maximum absolute atomic E-state index is 12.1. The lowest BCUT2D eigenvalue weighted by Crippen LogP contribution is -2.33. The zero-order chi connectivity index (χ0) is 14.9. The summed E-state index contributed by atoms with van der Waals surface area (Å²) in [6.45, 7) is 3.80. The monoisotopic (exact) mass is 310 g/mol. The summed E-state index contributed by atoms with van der Waals surface area (Å²) < 4.78 is 46.4. The lowest BCUT2D eigenvalue weighted by Gasteiger charge is -2.13. The van der Waals surface area contributed by atoms with Gasteiger partial charge in [-0.25, -0.2) is 16.8 Å². The first-order valence-corrected chi connectivity index (χ1v) is 9.77. The van der Waals surface area contributed by atoms with E-state index in [1.165, 1.54) is 0 Å². The van der Waals surface area contributed by atoms with Crippen molar-refractivity contribution in [1.82, 2.24) is 0 Å². The maximum atomic E-state index is 12.1. The third-order valence-electron chi connectivity index (χ3n) is 2.79. The summed E-state index contributed by atoms with van der Waals surface area (Å²) in [4.78, 5) is 2.47. The highest BCUT2D eigenvalue weighted by Gasteiger charge is 2.38. The van der Waals surface area contributed by atoms with Crippen molar-refractivity contribution < 1.29 is 21.6 Å². The van der Waals surface area contributed by atoms with Crippen LogP contribution in [0.1, 0.15) is 52.4 Å². The van der Waals surface area contributed by atoms with E-state index in [1.54, 1.807) is 0 Å². The van der Waals surface area contributed by atoms with Crippen molar-refractivity contribution in [3.63, 3.8) is 0 Å². The molecule has 0 aliphatic heterocycles. The Morgan fingerprint density at radius 2 is 1.63 bits per heavy atom. The third kappa shape index (κ3) is 6.31. The van der Waals surface area contributed by atoms with Gasteiger partial charge in [-0.1, -0.05) is 39.5 Å². The molecule has 112 valence electrons. The number of unbranched alkanes of at least 4 members (excludes halogenated alkanes) is 3. The van der Waals surface area contributed by atoms with Crippen LogP contribution in [0.3, 0.4) is 0 Å². The van der Waals surface area contributed by atoms with Crippen LogP contribution >= 0.6 is 0 Å². The van der Waals surface area contributed by atoms with Gasteiger partial charge in [0.1, 0.15) is 0 Å². The van der Waals surface area contributed by atoms with Crippen LogP contribution in [0.15, 0.2) is 0 Å². The van der Waals surface area contributed by atoms with E-state index in [4.69, 9.17) is 5.53 Å². The second-order valence-corrected chi connectivity index (χ2v) is 9.02. The molecule has 0 heterocycles. The van der Waals surface area contributed by atoms with Gasteiger partial charge in [0.2, 0.25) is 0 Å². The van der Waals surface area contributed by atoms with Gasteiger partial charge >= 0.3 is 5.55 Å². The largest absolute Gasteiger partial charge is 0.371 e.